The van der Waals surface area contributed by atoms with Crippen LogP contribution in [0.15, 0.2) is 59.5 Å². The molecule has 0 aliphatic heterocycles. The topological polar surface area (TPSA) is 29.5 Å². The van der Waals surface area contributed by atoms with Crippen LogP contribution in [0.4, 0.5) is 0 Å². The Bertz CT molecular complexity index is 493. The van der Waals surface area contributed by atoms with E-state index in [1.807, 2.05) is 30.3 Å². The van der Waals surface area contributed by atoms with Crippen LogP contribution in [0.3, 0.4) is 0 Å². The smallest absolute Gasteiger partial charge is 0.115 e. The molecule has 0 spiro atoms. The molecule has 0 unspecified atom stereocenters. The first-order valence-electron chi connectivity index (χ1n) is 7.66. The maximum atomic E-state index is 9.08. The van der Waals surface area contributed by atoms with Gasteiger partial charge >= 0.3 is 0 Å². The fraction of sp³-hybridized carbons (Fsp3) is 0.368. The van der Waals surface area contributed by atoms with E-state index < -0.39 is 0 Å². The second-order valence-electron chi connectivity index (χ2n) is 4.97. The van der Waals surface area contributed by atoms with Crippen LogP contribution in [-0.4, -0.2) is 18.2 Å². The molecule has 0 heterocycles. The van der Waals surface area contributed by atoms with Gasteiger partial charge in [0.1, 0.15) is 5.75 Å². The minimum absolute atomic E-state index is 0.352. The van der Waals surface area contributed by atoms with Crippen LogP contribution < -0.4 is 0 Å². The average molecular weight is 318 g/mol. The third-order valence-corrected chi connectivity index (χ3v) is 4.40. The summed E-state index contributed by atoms with van der Waals surface area (Å²) in [5.74, 6) is 1.72. The lowest BCUT2D eigenvalue weighted by atomic mass is 9.94. The summed E-state index contributed by atoms with van der Waals surface area (Å²) in [6.45, 7) is 4.39. The van der Waals surface area contributed by atoms with Gasteiger partial charge in [-0.05, 0) is 48.6 Å². The molecule has 0 bridgehead atoms. The summed E-state index contributed by atoms with van der Waals surface area (Å²) in [6.07, 6.45) is 2.34. The highest BCUT2D eigenvalue weighted by molar-refractivity contribution is 7.99. The van der Waals surface area contributed by atoms with Crippen molar-refractivity contribution in [2.45, 2.75) is 37.5 Å². The van der Waals surface area contributed by atoms with Gasteiger partial charge in [-0.2, -0.15) is 0 Å². The quantitative estimate of drug-likeness (QED) is 0.549. The first-order chi connectivity index (χ1) is 10.7. The Morgan fingerprint density at radius 2 is 1.55 bits per heavy atom. The summed E-state index contributed by atoms with van der Waals surface area (Å²) in [5.41, 5.74) is 1.33. The Kier molecular flexibility index (Phi) is 9.44. The predicted molar refractivity (Wildman–Crippen MR) is 95.6 cm³/mol. The molecule has 0 aliphatic rings. The third-order valence-electron chi connectivity index (χ3n) is 3.44. The molecule has 3 heteroatoms. The molecule has 0 aromatic heterocycles. The number of benzene rings is 2. The molecule has 0 saturated carbocycles. The van der Waals surface area contributed by atoms with Gasteiger partial charge in [0.2, 0.25) is 0 Å². The average Bonchev–Trinajstić information content (AvgIpc) is 2.57. The number of methoxy groups -OCH3 is 1. The van der Waals surface area contributed by atoms with Crippen molar-refractivity contribution in [3.05, 3.63) is 60.2 Å². The molecule has 1 N–H and O–H groups in total. The van der Waals surface area contributed by atoms with Gasteiger partial charge in [-0.1, -0.05) is 55.9 Å². The summed E-state index contributed by atoms with van der Waals surface area (Å²) in [4.78, 5) is 1.25. The van der Waals surface area contributed by atoms with E-state index in [2.05, 4.69) is 26.0 Å². The minimum atomic E-state index is 0.352. The lowest BCUT2D eigenvalue weighted by Gasteiger charge is -2.11. The van der Waals surface area contributed by atoms with Crippen LogP contribution in [0, 0.1) is 0 Å². The fourth-order valence-corrected chi connectivity index (χ4v) is 2.75. The van der Waals surface area contributed by atoms with E-state index in [9.17, 15) is 0 Å². The molecule has 2 nitrogen and oxygen atoms in total. The predicted octanol–water partition coefficient (Wildman–Crippen LogP) is 5.68. The molecule has 120 valence electrons. The van der Waals surface area contributed by atoms with Gasteiger partial charge in [-0.3, -0.25) is 0 Å². The monoisotopic (exact) mass is 318 g/mol. The van der Waals surface area contributed by atoms with E-state index in [-0.39, 0.29) is 0 Å². The molecule has 0 aliphatic carbocycles. The van der Waals surface area contributed by atoms with Gasteiger partial charge in [0.05, 0.1) is 5.94 Å². The Hall–Kier alpha value is -1.45. The highest BCUT2D eigenvalue weighted by atomic mass is 32.2. The van der Waals surface area contributed by atoms with Crippen molar-refractivity contribution in [2.75, 3.05) is 13.0 Å². The zero-order valence-electron chi connectivity index (χ0n) is 13.7. The second kappa shape index (κ2) is 11.2. The molecule has 22 heavy (non-hydrogen) atoms. The Morgan fingerprint density at radius 3 is 2.05 bits per heavy atom. The number of phenols is 1. The van der Waals surface area contributed by atoms with Crippen molar-refractivity contribution in [3.63, 3.8) is 0 Å². The molecule has 0 saturated heterocycles. The summed E-state index contributed by atoms with van der Waals surface area (Å²) in [7, 11) is 1.70. The van der Waals surface area contributed by atoms with Crippen molar-refractivity contribution >= 4 is 11.8 Å². The number of phenolic OH excluding ortho intramolecular Hbond substituents is 1. The molecular formula is C19H26O2S. The van der Waals surface area contributed by atoms with Gasteiger partial charge < -0.3 is 9.84 Å². The first-order valence-corrected chi connectivity index (χ1v) is 8.65. The number of thioether (sulfide) groups is 1. The van der Waals surface area contributed by atoms with Gasteiger partial charge in [-0.15, -0.1) is 0 Å². The lowest BCUT2D eigenvalue weighted by Crippen LogP contribution is -1.93. The molecule has 0 radical (unpaired) electrons. The van der Waals surface area contributed by atoms with E-state index in [1.165, 1.54) is 23.3 Å². The number of hydrogen-bond acceptors (Lipinski definition) is 3. The van der Waals surface area contributed by atoms with Crippen LogP contribution in [-0.2, 0) is 4.74 Å². The highest BCUT2D eigenvalue weighted by Gasteiger charge is 2.05. The lowest BCUT2D eigenvalue weighted by molar-refractivity contribution is 0.259. The Morgan fingerprint density at radius 1 is 0.955 bits per heavy atom. The van der Waals surface area contributed by atoms with Crippen LogP contribution in [0.1, 0.15) is 38.2 Å². The van der Waals surface area contributed by atoms with Crippen molar-refractivity contribution in [3.8, 4) is 5.75 Å². The van der Waals surface area contributed by atoms with E-state index in [4.69, 9.17) is 9.84 Å². The minimum Gasteiger partial charge on any atom is -0.508 e. The third kappa shape index (κ3) is 7.01. The molecule has 0 fully saturated rings. The normalized spacial score (nSPS) is 10.2. The van der Waals surface area contributed by atoms with Crippen molar-refractivity contribution in [1.29, 1.82) is 0 Å². The fourth-order valence-electron chi connectivity index (χ4n) is 2.15. The molecule has 2 aromatic rings. The van der Waals surface area contributed by atoms with E-state index in [0.29, 0.717) is 11.7 Å². The van der Waals surface area contributed by atoms with Gasteiger partial charge in [0, 0.05) is 12.0 Å². The van der Waals surface area contributed by atoms with E-state index in [1.54, 1.807) is 31.0 Å². The maximum Gasteiger partial charge on any atom is 0.115 e. The zero-order chi connectivity index (χ0) is 16.2. The summed E-state index contributed by atoms with van der Waals surface area (Å²) in [6, 6.07) is 17.7. The number of hydrogen-bond donors (Lipinski definition) is 1. The van der Waals surface area contributed by atoms with Crippen LogP contribution in [0.25, 0.3) is 0 Å². The van der Waals surface area contributed by atoms with E-state index >= 15 is 0 Å². The molecule has 0 amide bonds. The SMILES string of the molecule is CCC(CC)c1ccc(O)cc1.COCSc1ccccc1. The number of aromatic hydroxyl groups is 1. The number of rotatable bonds is 6. The summed E-state index contributed by atoms with van der Waals surface area (Å²) in [5, 5.41) is 9.08. The van der Waals surface area contributed by atoms with Crippen molar-refractivity contribution in [1.82, 2.24) is 0 Å². The highest BCUT2D eigenvalue weighted by Crippen LogP contribution is 2.24. The molecular weight excluding hydrogens is 292 g/mol. The van der Waals surface area contributed by atoms with Gasteiger partial charge in [0.15, 0.2) is 0 Å². The second-order valence-corrected chi connectivity index (χ2v) is 5.96. The van der Waals surface area contributed by atoms with Crippen molar-refractivity contribution in [2.24, 2.45) is 0 Å². The first kappa shape index (κ1) is 18.6. The summed E-state index contributed by atoms with van der Waals surface area (Å²) < 4.78 is 4.91. The van der Waals surface area contributed by atoms with Crippen LogP contribution in [0.5, 0.6) is 5.75 Å². The largest absolute Gasteiger partial charge is 0.508 e. The van der Waals surface area contributed by atoms with Crippen LogP contribution >= 0.6 is 11.8 Å². The zero-order valence-corrected chi connectivity index (χ0v) is 14.5. The molecule has 2 rings (SSSR count). The number of ether oxygens (including phenoxy) is 1. The molecule has 2 aromatic carbocycles. The standard InChI is InChI=1S/C11H16O.C8H10OS/c1-3-9(4-2)10-5-7-11(12)8-6-10;1-9-7-10-8-5-3-2-4-6-8/h5-9,12H,3-4H2,1-2H3;2-6H,7H2,1H3. The van der Waals surface area contributed by atoms with E-state index in [0.717, 1.165) is 5.94 Å². The maximum absolute atomic E-state index is 9.08. The van der Waals surface area contributed by atoms with Gasteiger partial charge in [-0.25, -0.2) is 0 Å². The van der Waals surface area contributed by atoms with Crippen molar-refractivity contribution < 1.29 is 9.84 Å². The van der Waals surface area contributed by atoms with Gasteiger partial charge in [0.25, 0.3) is 0 Å². The Balaban J connectivity index is 0.000000224. The van der Waals surface area contributed by atoms with Crippen LogP contribution in [0.2, 0.25) is 0 Å². The molecule has 0 atom stereocenters. The summed E-state index contributed by atoms with van der Waals surface area (Å²) >= 11 is 1.70. The Labute approximate surface area is 138 Å².